The van der Waals surface area contributed by atoms with Gasteiger partial charge in [0.25, 0.3) is 0 Å². The van der Waals surface area contributed by atoms with E-state index in [1.165, 1.54) is 16.7 Å². The highest BCUT2D eigenvalue weighted by Crippen LogP contribution is 2.36. The van der Waals surface area contributed by atoms with Crippen molar-refractivity contribution in [2.75, 3.05) is 13.7 Å². The molecule has 2 aromatic rings. The minimum Gasteiger partial charge on any atom is -0.497 e. The zero-order valence-corrected chi connectivity index (χ0v) is 14.6. The molecular weight excluding hydrogens is 312 g/mol. The Labute approximate surface area is 148 Å². The number of ether oxygens (including phenoxy) is 1. The van der Waals surface area contributed by atoms with Gasteiger partial charge in [-0.15, -0.1) is 0 Å². The molecule has 2 aromatic carbocycles. The first-order valence-corrected chi connectivity index (χ1v) is 8.94. The normalized spacial score (nSPS) is 23.2. The molecule has 1 saturated heterocycles. The Morgan fingerprint density at radius 2 is 1.88 bits per heavy atom. The van der Waals surface area contributed by atoms with E-state index < -0.39 is 5.54 Å². The van der Waals surface area contributed by atoms with Crippen LogP contribution in [0.2, 0.25) is 0 Å². The molecule has 1 unspecified atom stereocenters. The van der Waals surface area contributed by atoms with Crippen molar-refractivity contribution in [2.24, 2.45) is 0 Å². The Hall–Kier alpha value is -2.33. The quantitative estimate of drug-likeness (QED) is 0.937. The van der Waals surface area contributed by atoms with E-state index in [-0.39, 0.29) is 5.91 Å². The van der Waals surface area contributed by atoms with E-state index in [0.717, 1.165) is 38.1 Å². The Morgan fingerprint density at radius 1 is 1.12 bits per heavy atom. The number of carbonyl (C=O) groups is 1. The van der Waals surface area contributed by atoms with Crippen LogP contribution in [0.5, 0.6) is 5.75 Å². The Morgan fingerprint density at radius 3 is 2.64 bits per heavy atom. The summed E-state index contributed by atoms with van der Waals surface area (Å²) < 4.78 is 5.24. The summed E-state index contributed by atoms with van der Waals surface area (Å²) in [5, 5.41) is 3.17. The molecule has 2 aliphatic rings. The molecule has 4 heteroatoms. The second-order valence-electron chi connectivity index (χ2n) is 7.03. The van der Waals surface area contributed by atoms with E-state index in [4.69, 9.17) is 4.74 Å². The molecule has 4 nitrogen and oxygen atoms in total. The van der Waals surface area contributed by atoms with Gasteiger partial charge < -0.3 is 10.1 Å². The molecule has 0 saturated carbocycles. The van der Waals surface area contributed by atoms with Gasteiger partial charge in [0.05, 0.1) is 7.11 Å². The average Bonchev–Trinajstić information content (AvgIpc) is 2.97. The minimum atomic E-state index is -0.424. The summed E-state index contributed by atoms with van der Waals surface area (Å²) >= 11 is 0. The fourth-order valence-electron chi connectivity index (χ4n) is 4.21. The van der Waals surface area contributed by atoms with Crippen molar-refractivity contribution in [3.63, 3.8) is 0 Å². The highest BCUT2D eigenvalue weighted by atomic mass is 16.5. The fraction of sp³-hybridized carbons (Fsp3) is 0.381. The van der Waals surface area contributed by atoms with Gasteiger partial charge in [0, 0.05) is 19.5 Å². The smallest absolute Gasteiger partial charge is 0.241 e. The number of likely N-dealkylation sites (tertiary alicyclic amines) is 1. The number of fused-ring (bicyclic) bond motifs is 1. The Bertz CT molecular complexity index is 772. The maximum atomic E-state index is 13.0. The third-order valence-electron chi connectivity index (χ3n) is 5.62. The summed E-state index contributed by atoms with van der Waals surface area (Å²) in [7, 11) is 1.68. The number of amides is 1. The highest BCUT2D eigenvalue weighted by molar-refractivity contribution is 5.87. The first-order chi connectivity index (χ1) is 12.2. The summed E-state index contributed by atoms with van der Waals surface area (Å²) in [6, 6.07) is 16.6. The van der Waals surface area contributed by atoms with Crippen molar-refractivity contribution in [1.29, 1.82) is 0 Å². The van der Waals surface area contributed by atoms with E-state index in [0.29, 0.717) is 6.54 Å². The molecule has 1 spiro atoms. The molecule has 0 radical (unpaired) electrons. The van der Waals surface area contributed by atoms with E-state index in [1.807, 2.05) is 18.2 Å². The van der Waals surface area contributed by atoms with Crippen LogP contribution >= 0.6 is 0 Å². The lowest BCUT2D eigenvalue weighted by Crippen LogP contribution is -2.55. The van der Waals surface area contributed by atoms with Crippen LogP contribution < -0.4 is 10.1 Å². The number of rotatable bonds is 3. The van der Waals surface area contributed by atoms with Gasteiger partial charge in [-0.3, -0.25) is 9.69 Å². The maximum absolute atomic E-state index is 13.0. The SMILES string of the molecule is COc1ccc(CN2CCCC23Cc2ccccc2CNC3=O)cc1. The summed E-state index contributed by atoms with van der Waals surface area (Å²) in [4.78, 5) is 15.4. The van der Waals surface area contributed by atoms with E-state index in [1.54, 1.807) is 7.11 Å². The van der Waals surface area contributed by atoms with Gasteiger partial charge in [0.2, 0.25) is 5.91 Å². The predicted octanol–water partition coefficient (Wildman–Crippen LogP) is 2.90. The first kappa shape index (κ1) is 16.2. The zero-order chi connectivity index (χ0) is 17.3. The van der Waals surface area contributed by atoms with Crippen LogP contribution in [-0.2, 0) is 24.3 Å². The van der Waals surface area contributed by atoms with Gasteiger partial charge in [0.1, 0.15) is 11.3 Å². The standard InChI is InChI=1S/C21H24N2O2/c1-25-19-9-7-16(8-10-19)15-23-12-4-11-21(23)13-17-5-2-3-6-18(17)14-22-20(21)24/h2-3,5-10H,4,11-15H2,1H3,(H,22,24). The van der Waals surface area contributed by atoms with Crippen LogP contribution in [0.15, 0.2) is 48.5 Å². The predicted molar refractivity (Wildman–Crippen MR) is 97.4 cm³/mol. The molecule has 0 aliphatic carbocycles. The minimum absolute atomic E-state index is 0.176. The molecule has 1 N–H and O–H groups in total. The van der Waals surface area contributed by atoms with Crippen LogP contribution in [0, 0.1) is 0 Å². The van der Waals surface area contributed by atoms with Crippen LogP contribution in [-0.4, -0.2) is 30.0 Å². The second kappa shape index (κ2) is 6.52. The number of benzene rings is 2. The van der Waals surface area contributed by atoms with Crippen LogP contribution in [0.25, 0.3) is 0 Å². The lowest BCUT2D eigenvalue weighted by Gasteiger charge is -2.36. The molecule has 25 heavy (non-hydrogen) atoms. The summed E-state index contributed by atoms with van der Waals surface area (Å²) in [5.41, 5.74) is 3.32. The van der Waals surface area contributed by atoms with Gasteiger partial charge in [-0.05, 0) is 48.2 Å². The molecule has 2 aliphatic heterocycles. The van der Waals surface area contributed by atoms with Crippen molar-refractivity contribution >= 4 is 5.91 Å². The van der Waals surface area contributed by atoms with Crippen LogP contribution in [0.1, 0.15) is 29.5 Å². The zero-order valence-electron chi connectivity index (χ0n) is 14.6. The average molecular weight is 336 g/mol. The molecule has 0 aromatic heterocycles. The molecule has 2 heterocycles. The molecule has 1 amide bonds. The summed E-state index contributed by atoms with van der Waals surface area (Å²) in [5.74, 6) is 1.04. The monoisotopic (exact) mass is 336 g/mol. The fourth-order valence-corrected chi connectivity index (χ4v) is 4.21. The van der Waals surface area contributed by atoms with Gasteiger partial charge in [-0.1, -0.05) is 36.4 Å². The van der Waals surface area contributed by atoms with Crippen LogP contribution in [0.3, 0.4) is 0 Å². The van der Waals surface area contributed by atoms with Crippen molar-refractivity contribution in [3.8, 4) is 5.75 Å². The van der Waals surface area contributed by atoms with E-state index >= 15 is 0 Å². The van der Waals surface area contributed by atoms with Crippen molar-refractivity contribution in [2.45, 2.75) is 37.9 Å². The van der Waals surface area contributed by atoms with E-state index in [2.05, 4.69) is 40.5 Å². The Balaban J connectivity index is 1.63. The number of nitrogens with one attached hydrogen (secondary N) is 1. The van der Waals surface area contributed by atoms with Gasteiger partial charge in [-0.25, -0.2) is 0 Å². The maximum Gasteiger partial charge on any atom is 0.241 e. The van der Waals surface area contributed by atoms with Gasteiger partial charge in [0.15, 0.2) is 0 Å². The number of methoxy groups -OCH3 is 1. The van der Waals surface area contributed by atoms with Gasteiger partial charge in [-0.2, -0.15) is 0 Å². The molecule has 0 bridgehead atoms. The molecule has 130 valence electrons. The van der Waals surface area contributed by atoms with Crippen LogP contribution in [0.4, 0.5) is 0 Å². The first-order valence-electron chi connectivity index (χ1n) is 8.94. The highest BCUT2D eigenvalue weighted by Gasteiger charge is 2.48. The number of nitrogens with zero attached hydrogens (tertiary/aromatic N) is 1. The van der Waals surface area contributed by atoms with E-state index in [9.17, 15) is 4.79 Å². The number of carbonyl (C=O) groups excluding carboxylic acids is 1. The topological polar surface area (TPSA) is 41.6 Å². The Kier molecular flexibility index (Phi) is 4.22. The summed E-state index contributed by atoms with van der Waals surface area (Å²) in [6.45, 7) is 2.38. The molecule has 4 rings (SSSR count). The molecular formula is C21H24N2O2. The second-order valence-corrected chi connectivity index (χ2v) is 7.03. The third-order valence-corrected chi connectivity index (χ3v) is 5.62. The lowest BCUT2D eigenvalue weighted by atomic mass is 9.86. The molecule has 1 atom stereocenters. The van der Waals surface area contributed by atoms with Crippen molar-refractivity contribution < 1.29 is 9.53 Å². The van der Waals surface area contributed by atoms with Gasteiger partial charge >= 0.3 is 0 Å². The number of hydrogen-bond acceptors (Lipinski definition) is 3. The van der Waals surface area contributed by atoms with Crippen molar-refractivity contribution in [3.05, 3.63) is 65.2 Å². The number of hydrogen-bond donors (Lipinski definition) is 1. The summed E-state index contributed by atoms with van der Waals surface area (Å²) in [6.07, 6.45) is 2.78. The molecule has 1 fully saturated rings. The lowest BCUT2D eigenvalue weighted by molar-refractivity contribution is -0.132. The van der Waals surface area contributed by atoms with Crippen molar-refractivity contribution in [1.82, 2.24) is 10.2 Å². The third kappa shape index (κ3) is 2.91. The largest absolute Gasteiger partial charge is 0.497 e.